The Morgan fingerprint density at radius 3 is 2.62 bits per heavy atom. The van der Waals surface area contributed by atoms with Gasteiger partial charge in [-0.1, -0.05) is 12.1 Å². The SMILES string of the molecule is O=C(CSc1ccccc1[N+](=O)[O-])c1cc(F)ccc1F. The average molecular weight is 309 g/mol. The molecule has 0 heterocycles. The summed E-state index contributed by atoms with van der Waals surface area (Å²) in [4.78, 5) is 22.4. The van der Waals surface area contributed by atoms with Gasteiger partial charge in [-0.05, 0) is 24.3 Å². The molecule has 0 aromatic heterocycles. The summed E-state index contributed by atoms with van der Waals surface area (Å²) in [6, 6.07) is 8.53. The van der Waals surface area contributed by atoms with Gasteiger partial charge in [0, 0.05) is 6.07 Å². The Morgan fingerprint density at radius 1 is 1.19 bits per heavy atom. The van der Waals surface area contributed by atoms with Gasteiger partial charge in [0.05, 0.1) is 21.1 Å². The molecule has 0 atom stereocenters. The van der Waals surface area contributed by atoms with Gasteiger partial charge in [0.25, 0.3) is 5.69 Å². The normalized spacial score (nSPS) is 10.4. The Kier molecular flexibility index (Phi) is 4.64. The third kappa shape index (κ3) is 3.63. The lowest BCUT2D eigenvalue weighted by Crippen LogP contribution is -2.06. The number of hydrogen-bond acceptors (Lipinski definition) is 4. The highest BCUT2D eigenvalue weighted by Gasteiger charge is 2.17. The first-order chi connectivity index (χ1) is 9.99. The number of Topliss-reactive ketones (excluding diaryl/α,β-unsaturated/α-hetero) is 1. The predicted octanol–water partition coefficient (Wildman–Crippen LogP) is 3.85. The fraction of sp³-hybridized carbons (Fsp3) is 0.0714. The molecule has 0 saturated heterocycles. The summed E-state index contributed by atoms with van der Waals surface area (Å²) in [5, 5.41) is 10.8. The number of halogens is 2. The van der Waals surface area contributed by atoms with Gasteiger partial charge in [-0.2, -0.15) is 0 Å². The van der Waals surface area contributed by atoms with Crippen molar-refractivity contribution in [2.75, 3.05) is 5.75 Å². The quantitative estimate of drug-likeness (QED) is 0.364. The van der Waals surface area contributed by atoms with E-state index in [9.17, 15) is 23.7 Å². The van der Waals surface area contributed by atoms with Crippen molar-refractivity contribution in [3.63, 3.8) is 0 Å². The molecule has 2 aromatic carbocycles. The van der Waals surface area contributed by atoms with Crippen LogP contribution in [-0.2, 0) is 0 Å². The molecule has 0 amide bonds. The van der Waals surface area contributed by atoms with Crippen LogP contribution in [0.3, 0.4) is 0 Å². The van der Waals surface area contributed by atoms with Gasteiger partial charge in [0.1, 0.15) is 11.6 Å². The van der Waals surface area contributed by atoms with E-state index in [4.69, 9.17) is 0 Å². The van der Waals surface area contributed by atoms with Gasteiger partial charge in [-0.15, -0.1) is 11.8 Å². The van der Waals surface area contributed by atoms with E-state index in [1.807, 2.05) is 0 Å². The molecule has 7 heteroatoms. The Labute approximate surface area is 122 Å². The van der Waals surface area contributed by atoms with Crippen molar-refractivity contribution in [2.45, 2.75) is 4.90 Å². The van der Waals surface area contributed by atoms with E-state index in [-0.39, 0.29) is 17.0 Å². The summed E-state index contributed by atoms with van der Waals surface area (Å²) in [5.41, 5.74) is -0.490. The lowest BCUT2D eigenvalue weighted by molar-refractivity contribution is -0.387. The van der Waals surface area contributed by atoms with Gasteiger partial charge in [-0.25, -0.2) is 8.78 Å². The molecule has 0 unspecified atom stereocenters. The average Bonchev–Trinajstić information content (AvgIpc) is 2.47. The van der Waals surface area contributed by atoms with E-state index in [0.717, 1.165) is 30.0 Å². The number of benzene rings is 2. The van der Waals surface area contributed by atoms with Crippen LogP contribution in [-0.4, -0.2) is 16.5 Å². The number of carbonyl (C=O) groups is 1. The molecule has 108 valence electrons. The number of nitro benzene ring substituents is 1. The molecule has 0 aliphatic rings. The summed E-state index contributed by atoms with van der Waals surface area (Å²) < 4.78 is 26.5. The summed E-state index contributed by atoms with van der Waals surface area (Å²) in [7, 11) is 0. The molecule has 0 spiro atoms. The molecule has 0 fully saturated rings. The van der Waals surface area contributed by atoms with Crippen LogP contribution in [0.1, 0.15) is 10.4 Å². The van der Waals surface area contributed by atoms with Crippen molar-refractivity contribution >= 4 is 23.2 Å². The number of thioether (sulfide) groups is 1. The van der Waals surface area contributed by atoms with E-state index in [0.29, 0.717) is 4.90 Å². The maximum Gasteiger partial charge on any atom is 0.282 e. The molecular formula is C14H9F2NO3S. The number of nitro groups is 1. The zero-order valence-electron chi connectivity index (χ0n) is 10.6. The molecule has 0 bridgehead atoms. The Morgan fingerprint density at radius 2 is 1.90 bits per heavy atom. The molecule has 0 radical (unpaired) electrons. The Hall–Kier alpha value is -2.28. The number of rotatable bonds is 5. The molecule has 4 nitrogen and oxygen atoms in total. The first kappa shape index (κ1) is 15.1. The fourth-order valence-electron chi connectivity index (χ4n) is 1.66. The minimum Gasteiger partial charge on any atom is -0.293 e. The summed E-state index contributed by atoms with van der Waals surface area (Å²) >= 11 is 0.913. The van der Waals surface area contributed by atoms with E-state index >= 15 is 0 Å². The zero-order chi connectivity index (χ0) is 15.4. The van der Waals surface area contributed by atoms with Crippen molar-refractivity contribution < 1.29 is 18.5 Å². The van der Waals surface area contributed by atoms with Crippen LogP contribution in [0.15, 0.2) is 47.4 Å². The second-order valence-electron chi connectivity index (χ2n) is 4.06. The first-order valence-electron chi connectivity index (χ1n) is 5.83. The minimum absolute atomic E-state index is 0.130. The monoisotopic (exact) mass is 309 g/mol. The minimum atomic E-state index is -0.815. The maximum atomic E-state index is 13.4. The molecule has 21 heavy (non-hydrogen) atoms. The Balaban J connectivity index is 2.15. The van der Waals surface area contributed by atoms with Gasteiger partial charge < -0.3 is 0 Å². The number of nitrogens with zero attached hydrogens (tertiary/aromatic N) is 1. The van der Waals surface area contributed by atoms with Crippen LogP contribution in [0.4, 0.5) is 14.5 Å². The van der Waals surface area contributed by atoms with E-state index in [2.05, 4.69) is 0 Å². The van der Waals surface area contributed by atoms with Crippen molar-refractivity contribution in [3.05, 3.63) is 69.8 Å². The van der Waals surface area contributed by atoms with Gasteiger partial charge in [0.2, 0.25) is 0 Å². The summed E-state index contributed by atoms with van der Waals surface area (Å²) in [5.74, 6) is -2.37. The van der Waals surface area contributed by atoms with E-state index in [1.54, 1.807) is 6.07 Å². The highest BCUT2D eigenvalue weighted by molar-refractivity contribution is 8.00. The second kappa shape index (κ2) is 6.45. The molecule has 0 N–H and O–H groups in total. The standard InChI is InChI=1S/C14H9F2NO3S/c15-9-5-6-11(16)10(7-9)13(18)8-21-14-4-2-1-3-12(14)17(19)20/h1-7H,8H2. The smallest absolute Gasteiger partial charge is 0.282 e. The van der Waals surface area contributed by atoms with E-state index < -0.39 is 22.3 Å². The van der Waals surface area contributed by atoms with Crippen molar-refractivity contribution in [2.24, 2.45) is 0 Å². The van der Waals surface area contributed by atoms with Crippen LogP contribution in [0, 0.1) is 21.7 Å². The number of carbonyl (C=O) groups excluding carboxylic acids is 1. The third-order valence-corrected chi connectivity index (χ3v) is 3.71. The van der Waals surface area contributed by atoms with Crippen molar-refractivity contribution in [3.8, 4) is 0 Å². The van der Waals surface area contributed by atoms with Gasteiger partial charge >= 0.3 is 0 Å². The number of ketones is 1. The molecular weight excluding hydrogens is 300 g/mol. The molecule has 0 saturated carbocycles. The predicted molar refractivity (Wildman–Crippen MR) is 74.5 cm³/mol. The van der Waals surface area contributed by atoms with Crippen LogP contribution < -0.4 is 0 Å². The summed E-state index contributed by atoms with van der Waals surface area (Å²) in [6.45, 7) is 0. The van der Waals surface area contributed by atoms with Crippen LogP contribution >= 0.6 is 11.8 Å². The number of para-hydroxylation sites is 1. The number of hydrogen-bond donors (Lipinski definition) is 0. The topological polar surface area (TPSA) is 60.2 Å². The maximum absolute atomic E-state index is 13.4. The third-order valence-electron chi connectivity index (χ3n) is 2.65. The second-order valence-corrected chi connectivity index (χ2v) is 5.08. The van der Waals surface area contributed by atoms with Crippen LogP contribution in [0.5, 0.6) is 0 Å². The van der Waals surface area contributed by atoms with Crippen molar-refractivity contribution in [1.29, 1.82) is 0 Å². The van der Waals surface area contributed by atoms with Gasteiger partial charge in [-0.3, -0.25) is 14.9 Å². The van der Waals surface area contributed by atoms with Crippen LogP contribution in [0.25, 0.3) is 0 Å². The zero-order valence-corrected chi connectivity index (χ0v) is 11.4. The highest BCUT2D eigenvalue weighted by Crippen LogP contribution is 2.29. The summed E-state index contributed by atoms with van der Waals surface area (Å²) in [6.07, 6.45) is 0. The largest absolute Gasteiger partial charge is 0.293 e. The Bertz CT molecular complexity index is 706. The van der Waals surface area contributed by atoms with Crippen LogP contribution in [0.2, 0.25) is 0 Å². The molecule has 2 rings (SSSR count). The van der Waals surface area contributed by atoms with Crippen molar-refractivity contribution in [1.82, 2.24) is 0 Å². The lowest BCUT2D eigenvalue weighted by Gasteiger charge is -2.04. The first-order valence-corrected chi connectivity index (χ1v) is 6.82. The lowest BCUT2D eigenvalue weighted by atomic mass is 10.1. The molecule has 2 aromatic rings. The molecule has 0 aliphatic carbocycles. The van der Waals surface area contributed by atoms with E-state index in [1.165, 1.54) is 18.2 Å². The van der Waals surface area contributed by atoms with Gasteiger partial charge in [0.15, 0.2) is 5.78 Å². The highest BCUT2D eigenvalue weighted by atomic mass is 32.2. The fourth-order valence-corrected chi connectivity index (χ4v) is 2.57. The molecule has 0 aliphatic heterocycles.